The maximum atomic E-state index is 11.9. The van der Waals surface area contributed by atoms with Gasteiger partial charge in [-0.2, -0.15) is 0 Å². The maximum absolute atomic E-state index is 11.9. The Balaban J connectivity index is 1.97. The number of nitrogens with zero attached hydrogens (tertiary/aromatic N) is 1. The van der Waals surface area contributed by atoms with Crippen molar-refractivity contribution >= 4 is 26.7 Å². The van der Waals surface area contributed by atoms with Gasteiger partial charge in [0.1, 0.15) is 0 Å². The Kier molecular flexibility index (Phi) is 3.21. The number of aromatic amines is 1. The Bertz CT molecular complexity index is 864. The molecule has 2 N–H and O–H groups in total. The number of anilines is 1. The van der Waals surface area contributed by atoms with E-state index in [0.29, 0.717) is 17.3 Å². The SMILES string of the molecule is CC(C)S(=O)(=O)Nc1ccc2nc(-c3ccco3)[nH]c2c1. The molecule has 0 bridgehead atoms. The van der Waals surface area contributed by atoms with Crippen LogP contribution in [-0.4, -0.2) is 23.6 Å². The Hall–Kier alpha value is -2.28. The number of nitrogens with one attached hydrogen (secondary N) is 2. The first-order valence-electron chi connectivity index (χ1n) is 6.51. The minimum atomic E-state index is -3.36. The zero-order chi connectivity index (χ0) is 15.0. The molecule has 7 heteroatoms. The normalized spacial score (nSPS) is 12.1. The van der Waals surface area contributed by atoms with Crippen molar-refractivity contribution in [1.82, 2.24) is 9.97 Å². The summed E-state index contributed by atoms with van der Waals surface area (Å²) in [5.41, 5.74) is 1.99. The lowest BCUT2D eigenvalue weighted by Gasteiger charge is -2.10. The van der Waals surface area contributed by atoms with Gasteiger partial charge in [-0.1, -0.05) is 0 Å². The van der Waals surface area contributed by atoms with Crippen LogP contribution in [0.2, 0.25) is 0 Å². The predicted octanol–water partition coefficient (Wildman–Crippen LogP) is 2.97. The van der Waals surface area contributed by atoms with Crippen molar-refractivity contribution in [3.8, 4) is 11.6 Å². The van der Waals surface area contributed by atoms with Gasteiger partial charge >= 0.3 is 0 Å². The third-order valence-corrected chi connectivity index (χ3v) is 4.88. The molecule has 0 saturated carbocycles. The highest BCUT2D eigenvalue weighted by atomic mass is 32.2. The first kappa shape index (κ1) is 13.7. The van der Waals surface area contributed by atoms with Crippen molar-refractivity contribution in [3.63, 3.8) is 0 Å². The molecule has 0 aliphatic heterocycles. The highest BCUT2D eigenvalue weighted by molar-refractivity contribution is 7.93. The smallest absolute Gasteiger partial charge is 0.235 e. The number of rotatable bonds is 4. The molecule has 0 aliphatic carbocycles. The average Bonchev–Trinajstić information content (AvgIpc) is 3.06. The van der Waals surface area contributed by atoms with Crippen LogP contribution < -0.4 is 4.72 Å². The topological polar surface area (TPSA) is 88.0 Å². The first-order valence-corrected chi connectivity index (χ1v) is 8.05. The van der Waals surface area contributed by atoms with Crippen LogP contribution in [0.1, 0.15) is 13.8 Å². The molecule has 6 nitrogen and oxygen atoms in total. The molecule has 3 rings (SSSR count). The van der Waals surface area contributed by atoms with Crippen molar-refractivity contribution in [2.75, 3.05) is 4.72 Å². The molecular formula is C14H15N3O3S. The van der Waals surface area contributed by atoms with Crippen molar-refractivity contribution in [2.45, 2.75) is 19.1 Å². The van der Waals surface area contributed by atoms with Gasteiger partial charge in [0.05, 0.1) is 28.2 Å². The third-order valence-electron chi connectivity index (χ3n) is 3.12. The molecule has 110 valence electrons. The number of fused-ring (bicyclic) bond motifs is 1. The molecule has 0 radical (unpaired) electrons. The average molecular weight is 305 g/mol. The standard InChI is InChI=1S/C14H15N3O3S/c1-9(2)21(18,19)17-10-5-6-11-12(8-10)16-14(15-11)13-4-3-7-20-13/h3-9,17H,1-2H3,(H,15,16). The highest BCUT2D eigenvalue weighted by Gasteiger charge is 2.16. The van der Waals surface area contributed by atoms with Crippen molar-refractivity contribution in [3.05, 3.63) is 36.6 Å². The van der Waals surface area contributed by atoms with E-state index in [1.807, 2.05) is 0 Å². The van der Waals surface area contributed by atoms with Crippen LogP contribution in [0.15, 0.2) is 41.0 Å². The van der Waals surface area contributed by atoms with Gasteiger partial charge in [-0.05, 0) is 44.2 Å². The fourth-order valence-corrected chi connectivity index (χ4v) is 2.58. The number of aromatic nitrogens is 2. The molecule has 0 fully saturated rings. The zero-order valence-corrected chi connectivity index (χ0v) is 12.4. The molecule has 0 atom stereocenters. The van der Waals surface area contributed by atoms with Crippen LogP contribution >= 0.6 is 0 Å². The number of sulfonamides is 1. The van der Waals surface area contributed by atoms with Crippen LogP contribution in [0.3, 0.4) is 0 Å². The van der Waals surface area contributed by atoms with E-state index in [1.165, 1.54) is 0 Å². The minimum absolute atomic E-state index is 0.492. The zero-order valence-electron chi connectivity index (χ0n) is 11.6. The Labute approximate surface area is 122 Å². The molecule has 0 unspecified atom stereocenters. The van der Waals surface area contributed by atoms with Gasteiger partial charge in [-0.15, -0.1) is 0 Å². The van der Waals surface area contributed by atoms with Crippen LogP contribution in [0, 0.1) is 0 Å². The van der Waals surface area contributed by atoms with E-state index in [-0.39, 0.29) is 0 Å². The Morgan fingerprint density at radius 3 is 2.76 bits per heavy atom. The van der Waals surface area contributed by atoms with E-state index in [2.05, 4.69) is 14.7 Å². The van der Waals surface area contributed by atoms with Crippen LogP contribution in [0.4, 0.5) is 5.69 Å². The number of benzene rings is 1. The number of furan rings is 1. The monoisotopic (exact) mass is 305 g/mol. The molecule has 2 aromatic heterocycles. The van der Waals surface area contributed by atoms with Gasteiger partial charge < -0.3 is 9.40 Å². The second-order valence-corrected chi connectivity index (χ2v) is 7.23. The molecule has 2 heterocycles. The molecule has 1 aromatic carbocycles. The summed E-state index contributed by atoms with van der Waals surface area (Å²) in [5.74, 6) is 1.24. The summed E-state index contributed by atoms with van der Waals surface area (Å²) < 4.78 is 31.6. The van der Waals surface area contributed by atoms with Crippen molar-refractivity contribution in [2.24, 2.45) is 0 Å². The summed E-state index contributed by atoms with van der Waals surface area (Å²) in [7, 11) is -3.36. The molecule has 0 aliphatic rings. The number of H-pyrrole nitrogens is 1. The second kappa shape index (κ2) is 4.92. The molecular weight excluding hydrogens is 290 g/mol. The van der Waals surface area contributed by atoms with E-state index >= 15 is 0 Å². The second-order valence-electron chi connectivity index (χ2n) is 4.99. The van der Waals surface area contributed by atoms with E-state index in [4.69, 9.17) is 4.42 Å². The molecule has 21 heavy (non-hydrogen) atoms. The van der Waals surface area contributed by atoms with Gasteiger partial charge in [0, 0.05) is 0 Å². The summed E-state index contributed by atoms with van der Waals surface area (Å²) in [6, 6.07) is 8.75. The van der Waals surface area contributed by atoms with Gasteiger partial charge in [-0.25, -0.2) is 13.4 Å². The summed E-state index contributed by atoms with van der Waals surface area (Å²) in [5, 5.41) is -0.492. The summed E-state index contributed by atoms with van der Waals surface area (Å²) in [6.07, 6.45) is 1.57. The van der Waals surface area contributed by atoms with Crippen LogP contribution in [-0.2, 0) is 10.0 Å². The van der Waals surface area contributed by atoms with E-state index < -0.39 is 15.3 Å². The lowest BCUT2D eigenvalue weighted by atomic mass is 10.3. The van der Waals surface area contributed by atoms with Gasteiger partial charge in [0.2, 0.25) is 10.0 Å². The highest BCUT2D eigenvalue weighted by Crippen LogP contribution is 2.23. The minimum Gasteiger partial charge on any atom is -0.461 e. The summed E-state index contributed by atoms with van der Waals surface area (Å²) >= 11 is 0. The number of hydrogen-bond donors (Lipinski definition) is 2. The quantitative estimate of drug-likeness (QED) is 0.775. The van der Waals surface area contributed by atoms with Crippen molar-refractivity contribution < 1.29 is 12.8 Å². The lowest BCUT2D eigenvalue weighted by molar-refractivity contribution is 0.578. The molecule has 0 saturated heterocycles. The Morgan fingerprint density at radius 1 is 1.29 bits per heavy atom. The van der Waals surface area contributed by atoms with Crippen LogP contribution in [0.5, 0.6) is 0 Å². The van der Waals surface area contributed by atoms with E-state index in [1.54, 1.807) is 50.4 Å². The van der Waals surface area contributed by atoms with Crippen molar-refractivity contribution in [1.29, 1.82) is 0 Å². The predicted molar refractivity (Wildman–Crippen MR) is 81.5 cm³/mol. The first-order chi connectivity index (χ1) is 9.95. The maximum Gasteiger partial charge on any atom is 0.235 e. The third kappa shape index (κ3) is 2.64. The lowest BCUT2D eigenvalue weighted by Crippen LogP contribution is -2.22. The molecule has 0 spiro atoms. The fourth-order valence-electron chi connectivity index (χ4n) is 1.89. The number of imidazole rings is 1. The van der Waals surface area contributed by atoms with E-state index in [9.17, 15) is 8.42 Å². The largest absolute Gasteiger partial charge is 0.461 e. The summed E-state index contributed by atoms with van der Waals surface area (Å²) in [4.78, 5) is 7.52. The number of hydrogen-bond acceptors (Lipinski definition) is 4. The van der Waals surface area contributed by atoms with Gasteiger partial charge in [0.25, 0.3) is 0 Å². The molecule has 3 aromatic rings. The van der Waals surface area contributed by atoms with Gasteiger partial charge in [-0.3, -0.25) is 4.72 Å². The fraction of sp³-hybridized carbons (Fsp3) is 0.214. The van der Waals surface area contributed by atoms with Crippen LogP contribution in [0.25, 0.3) is 22.6 Å². The Morgan fingerprint density at radius 2 is 2.10 bits per heavy atom. The molecule has 0 amide bonds. The van der Waals surface area contributed by atoms with E-state index in [0.717, 1.165) is 11.0 Å². The summed E-state index contributed by atoms with van der Waals surface area (Å²) in [6.45, 7) is 3.26. The van der Waals surface area contributed by atoms with Gasteiger partial charge in [0.15, 0.2) is 11.6 Å².